The lowest BCUT2D eigenvalue weighted by molar-refractivity contribution is -0.139. The summed E-state index contributed by atoms with van der Waals surface area (Å²) in [4.78, 5) is 10.1. The number of alkyl halides is 2. The topological polar surface area (TPSA) is 49.3 Å². The van der Waals surface area contributed by atoms with Gasteiger partial charge >= 0.3 is 5.97 Å². The van der Waals surface area contributed by atoms with E-state index in [9.17, 15) is 13.6 Å². The van der Waals surface area contributed by atoms with E-state index in [1.165, 1.54) is 0 Å². The fourth-order valence-electron chi connectivity index (χ4n) is 0.890. The standard InChI is InChI=1S/C5H7F2NO2.ClH/c6-5(7)1-3(4(9)10)8-2-5;/h3,8H,1-2H2,(H,9,10);1H/t3-;/m0./s1. The molecule has 1 aliphatic rings. The lowest BCUT2D eigenvalue weighted by Crippen LogP contribution is -2.30. The minimum Gasteiger partial charge on any atom is -0.480 e. The Balaban J connectivity index is 0.000001000. The Morgan fingerprint density at radius 2 is 2.18 bits per heavy atom. The molecule has 0 radical (unpaired) electrons. The Bertz CT molecular complexity index is 165. The van der Waals surface area contributed by atoms with Gasteiger partial charge in [0.15, 0.2) is 0 Å². The van der Waals surface area contributed by atoms with E-state index in [-0.39, 0.29) is 12.4 Å². The highest BCUT2D eigenvalue weighted by molar-refractivity contribution is 5.85. The summed E-state index contributed by atoms with van der Waals surface area (Å²) in [7, 11) is 0. The van der Waals surface area contributed by atoms with E-state index < -0.39 is 30.9 Å². The Kier molecular flexibility index (Phi) is 3.19. The number of nitrogens with one attached hydrogen (secondary N) is 1. The van der Waals surface area contributed by atoms with Crippen LogP contribution in [0.15, 0.2) is 0 Å². The predicted octanol–water partition coefficient (Wildman–Crippen LogP) is 0.490. The van der Waals surface area contributed by atoms with E-state index in [0.717, 1.165) is 0 Å². The molecule has 1 saturated heterocycles. The molecule has 1 fully saturated rings. The van der Waals surface area contributed by atoms with Crippen molar-refractivity contribution in [3.8, 4) is 0 Å². The second kappa shape index (κ2) is 3.32. The molecule has 0 aromatic carbocycles. The number of halogens is 3. The summed E-state index contributed by atoms with van der Waals surface area (Å²) in [5.74, 6) is -4.06. The van der Waals surface area contributed by atoms with Crippen LogP contribution >= 0.6 is 12.4 Å². The van der Waals surface area contributed by atoms with Crippen LogP contribution in [0.2, 0.25) is 0 Å². The maximum Gasteiger partial charge on any atom is 0.320 e. The van der Waals surface area contributed by atoms with Crippen molar-refractivity contribution in [2.75, 3.05) is 6.54 Å². The highest BCUT2D eigenvalue weighted by atomic mass is 35.5. The van der Waals surface area contributed by atoms with Gasteiger partial charge in [-0.1, -0.05) is 0 Å². The predicted molar refractivity (Wildman–Crippen MR) is 36.2 cm³/mol. The van der Waals surface area contributed by atoms with Gasteiger partial charge in [0.05, 0.1) is 6.54 Å². The van der Waals surface area contributed by atoms with Gasteiger partial charge < -0.3 is 5.11 Å². The summed E-state index contributed by atoms with van der Waals surface area (Å²) >= 11 is 0. The molecule has 66 valence electrons. The first-order valence-electron chi connectivity index (χ1n) is 2.85. The van der Waals surface area contributed by atoms with Crippen molar-refractivity contribution in [1.82, 2.24) is 5.32 Å². The van der Waals surface area contributed by atoms with Gasteiger partial charge in [0.1, 0.15) is 6.04 Å². The Labute approximate surface area is 68.2 Å². The second-order valence-corrected chi connectivity index (χ2v) is 2.33. The molecule has 0 amide bonds. The van der Waals surface area contributed by atoms with Gasteiger partial charge in [-0.3, -0.25) is 10.1 Å². The highest BCUT2D eigenvalue weighted by Gasteiger charge is 2.42. The van der Waals surface area contributed by atoms with Crippen molar-refractivity contribution in [3.05, 3.63) is 0 Å². The van der Waals surface area contributed by atoms with Gasteiger partial charge in [0.25, 0.3) is 5.92 Å². The zero-order valence-electron chi connectivity index (χ0n) is 5.51. The first kappa shape index (κ1) is 10.6. The van der Waals surface area contributed by atoms with Crippen molar-refractivity contribution in [2.45, 2.75) is 18.4 Å². The quantitative estimate of drug-likeness (QED) is 0.628. The number of hydrogen-bond acceptors (Lipinski definition) is 2. The molecule has 0 spiro atoms. The maximum atomic E-state index is 12.2. The smallest absolute Gasteiger partial charge is 0.320 e. The van der Waals surface area contributed by atoms with Gasteiger partial charge in [0, 0.05) is 6.42 Å². The summed E-state index contributed by atoms with van der Waals surface area (Å²) < 4.78 is 24.5. The summed E-state index contributed by atoms with van der Waals surface area (Å²) in [6, 6.07) is -1.07. The van der Waals surface area contributed by atoms with Crippen molar-refractivity contribution in [2.24, 2.45) is 0 Å². The van der Waals surface area contributed by atoms with Gasteiger partial charge in [-0.2, -0.15) is 0 Å². The Hall–Kier alpha value is -0.420. The molecule has 0 aromatic heterocycles. The van der Waals surface area contributed by atoms with Crippen molar-refractivity contribution < 1.29 is 18.7 Å². The van der Waals surface area contributed by atoms with Crippen LogP contribution in [0, 0.1) is 0 Å². The van der Waals surface area contributed by atoms with Gasteiger partial charge in [-0.25, -0.2) is 8.78 Å². The first-order valence-corrected chi connectivity index (χ1v) is 2.85. The number of carboxylic acid groups (broad SMARTS) is 1. The van der Waals surface area contributed by atoms with Crippen LogP contribution in [-0.2, 0) is 4.79 Å². The third-order valence-corrected chi connectivity index (χ3v) is 1.41. The fraction of sp³-hybridized carbons (Fsp3) is 0.800. The molecule has 1 rings (SSSR count). The number of rotatable bonds is 1. The Morgan fingerprint density at radius 3 is 2.36 bits per heavy atom. The molecule has 0 unspecified atom stereocenters. The van der Waals surface area contributed by atoms with Crippen LogP contribution < -0.4 is 5.32 Å². The second-order valence-electron chi connectivity index (χ2n) is 2.33. The molecule has 1 aliphatic heterocycles. The van der Waals surface area contributed by atoms with Gasteiger partial charge in [-0.15, -0.1) is 12.4 Å². The summed E-state index contributed by atoms with van der Waals surface area (Å²) in [5.41, 5.74) is 0. The lowest BCUT2D eigenvalue weighted by Gasteiger charge is -2.03. The van der Waals surface area contributed by atoms with Crippen molar-refractivity contribution in [1.29, 1.82) is 0 Å². The van der Waals surface area contributed by atoms with E-state index in [0.29, 0.717) is 0 Å². The number of hydrogen-bond donors (Lipinski definition) is 2. The minimum atomic E-state index is -2.84. The molecule has 0 saturated carbocycles. The van der Waals surface area contributed by atoms with E-state index in [1.807, 2.05) is 0 Å². The molecule has 3 nitrogen and oxygen atoms in total. The number of carboxylic acids is 1. The van der Waals surface area contributed by atoms with Crippen molar-refractivity contribution >= 4 is 18.4 Å². The maximum absolute atomic E-state index is 12.2. The molecule has 0 bridgehead atoms. The first-order chi connectivity index (χ1) is 4.51. The van der Waals surface area contributed by atoms with Crippen LogP contribution in [0.5, 0.6) is 0 Å². The van der Waals surface area contributed by atoms with E-state index >= 15 is 0 Å². The normalized spacial score (nSPS) is 27.6. The van der Waals surface area contributed by atoms with E-state index in [2.05, 4.69) is 5.32 Å². The average Bonchev–Trinajstić information content (AvgIpc) is 2.10. The molecule has 0 aliphatic carbocycles. The molecular weight excluding hydrogens is 180 g/mol. The molecule has 2 N–H and O–H groups in total. The SMILES string of the molecule is Cl.O=C(O)[C@@H]1CC(F)(F)CN1. The van der Waals surface area contributed by atoms with Gasteiger partial charge in [-0.05, 0) is 0 Å². The van der Waals surface area contributed by atoms with E-state index in [4.69, 9.17) is 5.11 Å². The van der Waals surface area contributed by atoms with E-state index in [1.54, 1.807) is 0 Å². The zero-order valence-corrected chi connectivity index (χ0v) is 6.33. The molecule has 6 heteroatoms. The fourth-order valence-corrected chi connectivity index (χ4v) is 0.890. The van der Waals surface area contributed by atoms with Crippen LogP contribution in [0.3, 0.4) is 0 Å². The number of carbonyl (C=O) groups is 1. The molecule has 11 heavy (non-hydrogen) atoms. The van der Waals surface area contributed by atoms with Crippen LogP contribution in [0.4, 0.5) is 8.78 Å². The lowest BCUT2D eigenvalue weighted by atomic mass is 10.2. The van der Waals surface area contributed by atoms with Crippen LogP contribution in [0.1, 0.15) is 6.42 Å². The summed E-state index contributed by atoms with van der Waals surface area (Å²) in [5, 5.41) is 10.4. The zero-order chi connectivity index (χ0) is 7.78. The highest BCUT2D eigenvalue weighted by Crippen LogP contribution is 2.24. The molecular formula is C5H8ClF2NO2. The molecule has 1 atom stereocenters. The third-order valence-electron chi connectivity index (χ3n) is 1.41. The van der Waals surface area contributed by atoms with Gasteiger partial charge in [0.2, 0.25) is 0 Å². The number of aliphatic carboxylic acids is 1. The minimum absolute atomic E-state index is 0. The Morgan fingerprint density at radius 1 is 1.64 bits per heavy atom. The van der Waals surface area contributed by atoms with Crippen LogP contribution in [0.25, 0.3) is 0 Å². The molecule has 1 heterocycles. The molecule has 0 aromatic rings. The third kappa shape index (κ3) is 2.59. The largest absolute Gasteiger partial charge is 0.480 e. The van der Waals surface area contributed by atoms with Crippen LogP contribution in [-0.4, -0.2) is 29.6 Å². The average molecular weight is 188 g/mol. The summed E-state index contributed by atoms with van der Waals surface area (Å²) in [6.07, 6.45) is -0.595. The monoisotopic (exact) mass is 187 g/mol. The van der Waals surface area contributed by atoms with Crippen molar-refractivity contribution in [3.63, 3.8) is 0 Å². The summed E-state index contributed by atoms with van der Waals surface area (Å²) in [6.45, 7) is -0.524.